The topological polar surface area (TPSA) is 38.1 Å². The average Bonchev–Trinajstić information content (AvgIpc) is 3.14. The Kier molecular flexibility index (Phi) is 3.15. The number of nitrogens with one attached hydrogen (secondary N) is 1. The lowest BCUT2D eigenvalue weighted by molar-refractivity contribution is 0.354. The zero-order chi connectivity index (χ0) is 12.4. The third-order valence-electron chi connectivity index (χ3n) is 3.43. The fourth-order valence-corrected chi connectivity index (χ4v) is 2.36. The molecule has 0 aliphatic heterocycles. The molecule has 2 aromatic rings. The van der Waals surface area contributed by atoms with E-state index in [2.05, 4.69) is 40.8 Å². The number of aryl methyl sites for hydroxylation is 1. The van der Waals surface area contributed by atoms with Crippen molar-refractivity contribution in [2.45, 2.75) is 32.4 Å². The highest BCUT2D eigenvalue weighted by molar-refractivity contribution is 5.21. The minimum atomic E-state index is 0.441. The van der Waals surface area contributed by atoms with Gasteiger partial charge in [-0.2, -0.15) is 0 Å². The largest absolute Gasteiger partial charge is 0.360 e. The molecule has 3 heteroatoms. The van der Waals surface area contributed by atoms with Gasteiger partial charge in [0.2, 0.25) is 0 Å². The highest BCUT2D eigenvalue weighted by Gasteiger charge is 2.31. The highest BCUT2D eigenvalue weighted by atomic mass is 16.5. The molecule has 0 saturated heterocycles. The Balaban J connectivity index is 1.68. The number of aromatic nitrogens is 1. The lowest BCUT2D eigenvalue weighted by atomic mass is 10.0. The van der Waals surface area contributed by atoms with E-state index in [1.54, 1.807) is 0 Å². The van der Waals surface area contributed by atoms with Crippen LogP contribution >= 0.6 is 0 Å². The van der Waals surface area contributed by atoms with Crippen molar-refractivity contribution in [2.75, 3.05) is 0 Å². The Hall–Kier alpha value is -1.61. The van der Waals surface area contributed by atoms with Crippen LogP contribution in [0.1, 0.15) is 35.9 Å². The fourth-order valence-electron chi connectivity index (χ4n) is 2.36. The quantitative estimate of drug-likeness (QED) is 0.874. The monoisotopic (exact) mass is 242 g/mol. The summed E-state index contributed by atoms with van der Waals surface area (Å²) in [6.45, 7) is 2.69. The smallest absolute Gasteiger partial charge is 0.150 e. The van der Waals surface area contributed by atoms with Gasteiger partial charge in [0.05, 0.1) is 12.2 Å². The second-order valence-corrected chi connectivity index (χ2v) is 5.04. The summed E-state index contributed by atoms with van der Waals surface area (Å²) >= 11 is 0. The maximum Gasteiger partial charge on any atom is 0.150 e. The third kappa shape index (κ3) is 2.62. The summed E-state index contributed by atoms with van der Waals surface area (Å²) < 4.78 is 5.24. The molecule has 0 radical (unpaired) electrons. The zero-order valence-electron chi connectivity index (χ0n) is 10.6. The summed E-state index contributed by atoms with van der Waals surface area (Å²) in [5.74, 6) is 1.69. The van der Waals surface area contributed by atoms with E-state index < -0.39 is 0 Å². The van der Waals surface area contributed by atoms with E-state index in [9.17, 15) is 0 Å². The molecule has 1 aliphatic rings. The molecule has 0 spiro atoms. The van der Waals surface area contributed by atoms with Crippen LogP contribution < -0.4 is 5.32 Å². The second kappa shape index (κ2) is 4.94. The predicted octanol–water partition coefficient (Wildman–Crippen LogP) is 3.22. The minimum absolute atomic E-state index is 0.441. The van der Waals surface area contributed by atoms with Gasteiger partial charge in [-0.1, -0.05) is 35.5 Å². The normalized spacial score (nSPS) is 16.7. The molecule has 1 aliphatic carbocycles. The molecule has 1 fully saturated rings. The maximum atomic E-state index is 5.24. The molecule has 0 bridgehead atoms. The summed E-state index contributed by atoms with van der Waals surface area (Å²) in [5.41, 5.74) is 2.31. The van der Waals surface area contributed by atoms with E-state index in [1.807, 2.05) is 13.0 Å². The first-order chi connectivity index (χ1) is 8.83. The summed E-state index contributed by atoms with van der Waals surface area (Å²) in [6.07, 6.45) is 2.64. The van der Waals surface area contributed by atoms with Crippen molar-refractivity contribution in [1.29, 1.82) is 0 Å². The fraction of sp³-hybridized carbons (Fsp3) is 0.400. The molecule has 3 nitrogen and oxygen atoms in total. The summed E-state index contributed by atoms with van der Waals surface area (Å²) in [6, 6.07) is 13.1. The Labute approximate surface area is 107 Å². The van der Waals surface area contributed by atoms with Gasteiger partial charge < -0.3 is 9.84 Å². The van der Waals surface area contributed by atoms with E-state index in [-0.39, 0.29) is 0 Å². The average molecular weight is 242 g/mol. The van der Waals surface area contributed by atoms with Gasteiger partial charge in [-0.3, -0.25) is 0 Å². The van der Waals surface area contributed by atoms with Crippen molar-refractivity contribution >= 4 is 0 Å². The van der Waals surface area contributed by atoms with Crippen molar-refractivity contribution in [1.82, 2.24) is 10.5 Å². The molecule has 1 heterocycles. The van der Waals surface area contributed by atoms with Crippen LogP contribution in [0.25, 0.3) is 0 Å². The third-order valence-corrected chi connectivity index (χ3v) is 3.43. The van der Waals surface area contributed by atoms with Crippen molar-refractivity contribution in [3.8, 4) is 0 Å². The Morgan fingerprint density at radius 1 is 1.33 bits per heavy atom. The van der Waals surface area contributed by atoms with Crippen LogP contribution in [0.4, 0.5) is 0 Å². The van der Waals surface area contributed by atoms with E-state index in [0.717, 1.165) is 23.9 Å². The van der Waals surface area contributed by atoms with Crippen molar-refractivity contribution in [3.63, 3.8) is 0 Å². The van der Waals surface area contributed by atoms with Gasteiger partial charge >= 0.3 is 0 Å². The molecule has 1 saturated carbocycles. The number of rotatable bonds is 5. The molecule has 1 N–H and O–H groups in total. The van der Waals surface area contributed by atoms with Gasteiger partial charge in [-0.15, -0.1) is 0 Å². The number of benzene rings is 1. The number of hydrogen-bond acceptors (Lipinski definition) is 3. The van der Waals surface area contributed by atoms with Gasteiger partial charge in [-0.25, -0.2) is 0 Å². The zero-order valence-corrected chi connectivity index (χ0v) is 10.6. The van der Waals surface area contributed by atoms with Crippen molar-refractivity contribution in [2.24, 2.45) is 5.92 Å². The first-order valence-corrected chi connectivity index (χ1v) is 6.53. The molecular formula is C15H18N2O. The number of hydrogen-bond donors (Lipinski definition) is 1. The lowest BCUT2D eigenvalue weighted by Gasteiger charge is -2.17. The van der Waals surface area contributed by atoms with Crippen LogP contribution in [0.15, 0.2) is 40.9 Å². The molecule has 1 atom stereocenters. The standard InChI is InChI=1S/C15H18N2O/c1-11-9-14(18-17-11)10-16-15(13-7-8-13)12-5-3-2-4-6-12/h2-6,9,13,15-16H,7-8,10H2,1H3. The van der Waals surface area contributed by atoms with Crippen LogP contribution in [-0.4, -0.2) is 5.16 Å². The highest BCUT2D eigenvalue weighted by Crippen LogP contribution is 2.41. The van der Waals surface area contributed by atoms with E-state index in [1.165, 1.54) is 18.4 Å². The van der Waals surface area contributed by atoms with E-state index >= 15 is 0 Å². The van der Waals surface area contributed by atoms with E-state index in [4.69, 9.17) is 4.52 Å². The molecular weight excluding hydrogens is 224 g/mol. The summed E-state index contributed by atoms with van der Waals surface area (Å²) in [5, 5.41) is 7.51. The molecule has 3 rings (SSSR count). The molecule has 1 unspecified atom stereocenters. The Bertz CT molecular complexity index is 502. The SMILES string of the molecule is Cc1cc(CNC(c2ccccc2)C2CC2)on1. The van der Waals surface area contributed by atoms with Crippen LogP contribution in [0.3, 0.4) is 0 Å². The summed E-state index contributed by atoms with van der Waals surface area (Å²) in [7, 11) is 0. The van der Waals surface area contributed by atoms with Gasteiger partial charge in [0, 0.05) is 12.1 Å². The molecule has 18 heavy (non-hydrogen) atoms. The Morgan fingerprint density at radius 3 is 2.72 bits per heavy atom. The predicted molar refractivity (Wildman–Crippen MR) is 70.0 cm³/mol. The van der Waals surface area contributed by atoms with Crippen LogP contribution in [0.2, 0.25) is 0 Å². The molecule has 0 amide bonds. The molecule has 1 aromatic carbocycles. The number of nitrogens with zero attached hydrogens (tertiary/aromatic N) is 1. The van der Waals surface area contributed by atoms with Crippen LogP contribution in [-0.2, 0) is 6.54 Å². The van der Waals surface area contributed by atoms with Gasteiger partial charge in [-0.05, 0) is 31.2 Å². The van der Waals surface area contributed by atoms with Gasteiger partial charge in [0.25, 0.3) is 0 Å². The van der Waals surface area contributed by atoms with Gasteiger partial charge in [0.15, 0.2) is 5.76 Å². The maximum absolute atomic E-state index is 5.24. The molecule has 1 aromatic heterocycles. The first-order valence-electron chi connectivity index (χ1n) is 6.53. The van der Waals surface area contributed by atoms with Crippen LogP contribution in [0.5, 0.6) is 0 Å². The first kappa shape index (κ1) is 11.5. The summed E-state index contributed by atoms with van der Waals surface area (Å²) in [4.78, 5) is 0. The Morgan fingerprint density at radius 2 is 2.11 bits per heavy atom. The van der Waals surface area contributed by atoms with E-state index in [0.29, 0.717) is 6.04 Å². The van der Waals surface area contributed by atoms with Crippen molar-refractivity contribution in [3.05, 3.63) is 53.4 Å². The lowest BCUT2D eigenvalue weighted by Crippen LogP contribution is -2.22. The van der Waals surface area contributed by atoms with Crippen molar-refractivity contribution < 1.29 is 4.52 Å². The minimum Gasteiger partial charge on any atom is -0.360 e. The van der Waals surface area contributed by atoms with Gasteiger partial charge in [0.1, 0.15) is 0 Å². The second-order valence-electron chi connectivity index (χ2n) is 5.04. The molecule has 94 valence electrons. The van der Waals surface area contributed by atoms with Crippen LogP contribution in [0, 0.1) is 12.8 Å².